The van der Waals surface area contributed by atoms with Gasteiger partial charge in [0, 0.05) is 19.3 Å². The van der Waals surface area contributed by atoms with Crippen LogP contribution < -0.4 is 10.2 Å². The molecule has 150 valence electrons. The van der Waals surface area contributed by atoms with E-state index in [0.29, 0.717) is 42.0 Å². The van der Waals surface area contributed by atoms with Gasteiger partial charge in [-0.1, -0.05) is 23.4 Å². The number of nitrogens with zero attached hydrogens (tertiary/aromatic N) is 2. The van der Waals surface area contributed by atoms with Crippen molar-refractivity contribution in [2.24, 2.45) is 0 Å². The van der Waals surface area contributed by atoms with E-state index in [1.807, 2.05) is 4.90 Å². The summed E-state index contributed by atoms with van der Waals surface area (Å²) in [5.41, 5.74) is -0.141. The molecule has 1 N–H and O–H groups in total. The van der Waals surface area contributed by atoms with Crippen molar-refractivity contribution in [1.29, 1.82) is 0 Å². The Morgan fingerprint density at radius 1 is 1.25 bits per heavy atom. The standard InChI is InChI=1S/C18H17ClF3N3O2S/c19-13-2-4-17(23-10-13)28-11-16(26)24-14-9-12(18(20,21)22)1-3-15(14)25-5-7-27-8-6-25/h1-4,9-10H,5-8,11H2,(H,24,26). The number of thioether (sulfide) groups is 1. The van der Waals surface area contributed by atoms with Gasteiger partial charge in [0.05, 0.1) is 46.0 Å². The van der Waals surface area contributed by atoms with Crippen LogP contribution in [-0.4, -0.2) is 42.9 Å². The van der Waals surface area contributed by atoms with Crippen LogP contribution in [0.15, 0.2) is 41.6 Å². The summed E-state index contributed by atoms with van der Waals surface area (Å²) in [6.45, 7) is 2.04. The van der Waals surface area contributed by atoms with Gasteiger partial charge in [0.15, 0.2) is 0 Å². The second-order valence-corrected chi connectivity index (χ2v) is 7.41. The number of ether oxygens (including phenoxy) is 1. The van der Waals surface area contributed by atoms with Crippen molar-refractivity contribution in [1.82, 2.24) is 4.98 Å². The van der Waals surface area contributed by atoms with Crippen LogP contribution >= 0.6 is 23.4 Å². The summed E-state index contributed by atoms with van der Waals surface area (Å²) in [7, 11) is 0. The number of pyridine rings is 1. The quantitative estimate of drug-likeness (QED) is 0.714. The van der Waals surface area contributed by atoms with Gasteiger partial charge < -0.3 is 15.0 Å². The van der Waals surface area contributed by atoms with Crippen LogP contribution in [0.25, 0.3) is 0 Å². The lowest BCUT2D eigenvalue weighted by Gasteiger charge is -2.31. The SMILES string of the molecule is O=C(CSc1ccc(Cl)cn1)Nc1cc(C(F)(F)F)ccc1N1CCOCC1. The largest absolute Gasteiger partial charge is 0.416 e. The monoisotopic (exact) mass is 431 g/mol. The first-order valence-electron chi connectivity index (χ1n) is 8.41. The van der Waals surface area contributed by atoms with E-state index >= 15 is 0 Å². The molecule has 10 heteroatoms. The number of anilines is 2. The molecule has 2 aromatic rings. The molecule has 0 aliphatic carbocycles. The van der Waals surface area contributed by atoms with Crippen LogP contribution in [0.2, 0.25) is 5.02 Å². The van der Waals surface area contributed by atoms with E-state index in [1.165, 1.54) is 24.0 Å². The fraction of sp³-hybridized carbons (Fsp3) is 0.333. The summed E-state index contributed by atoms with van der Waals surface area (Å²) < 4.78 is 44.6. The average Bonchev–Trinajstić information content (AvgIpc) is 2.67. The third kappa shape index (κ3) is 5.52. The molecule has 28 heavy (non-hydrogen) atoms. The predicted octanol–water partition coefficient (Wildman–Crippen LogP) is 4.32. The molecule has 1 aromatic heterocycles. The lowest BCUT2D eigenvalue weighted by atomic mass is 10.1. The number of morpholine rings is 1. The molecule has 0 spiro atoms. The number of benzene rings is 1. The van der Waals surface area contributed by atoms with Gasteiger partial charge in [-0.05, 0) is 30.3 Å². The summed E-state index contributed by atoms with van der Waals surface area (Å²) in [5.74, 6) is -0.413. The van der Waals surface area contributed by atoms with Crippen LogP contribution in [0.3, 0.4) is 0 Å². The molecule has 3 rings (SSSR count). The molecule has 1 saturated heterocycles. The van der Waals surface area contributed by atoms with E-state index in [4.69, 9.17) is 16.3 Å². The Bertz CT molecular complexity index is 828. The van der Waals surface area contributed by atoms with E-state index in [9.17, 15) is 18.0 Å². The summed E-state index contributed by atoms with van der Waals surface area (Å²) >= 11 is 6.94. The number of amides is 1. The van der Waals surface area contributed by atoms with Gasteiger partial charge in [0.1, 0.15) is 0 Å². The van der Waals surface area contributed by atoms with Crippen LogP contribution in [0.4, 0.5) is 24.5 Å². The number of rotatable bonds is 5. The zero-order chi connectivity index (χ0) is 20.1. The molecule has 1 aromatic carbocycles. The smallest absolute Gasteiger partial charge is 0.378 e. The third-order valence-corrected chi connectivity index (χ3v) is 5.17. The Morgan fingerprint density at radius 3 is 2.64 bits per heavy atom. The number of carbonyl (C=O) groups excluding carboxylic acids is 1. The summed E-state index contributed by atoms with van der Waals surface area (Å²) in [5, 5.41) is 3.68. The van der Waals surface area contributed by atoms with Crippen molar-refractivity contribution >= 4 is 40.6 Å². The minimum Gasteiger partial charge on any atom is -0.378 e. The zero-order valence-corrected chi connectivity index (χ0v) is 16.2. The molecule has 1 fully saturated rings. The van der Waals surface area contributed by atoms with E-state index in [1.54, 1.807) is 12.1 Å². The molecule has 0 atom stereocenters. The van der Waals surface area contributed by atoms with Crippen molar-refractivity contribution in [2.75, 3.05) is 42.3 Å². The number of aromatic nitrogens is 1. The van der Waals surface area contributed by atoms with Gasteiger partial charge in [-0.25, -0.2) is 4.98 Å². The number of alkyl halides is 3. The van der Waals surface area contributed by atoms with Gasteiger partial charge in [0.2, 0.25) is 5.91 Å². The van der Waals surface area contributed by atoms with Crippen molar-refractivity contribution in [2.45, 2.75) is 11.2 Å². The molecular formula is C18H17ClF3N3O2S. The molecule has 0 unspecified atom stereocenters. The Hall–Kier alpha value is -1.97. The van der Waals surface area contributed by atoms with Crippen molar-refractivity contribution in [3.05, 3.63) is 47.1 Å². The maximum absolute atomic E-state index is 13.1. The fourth-order valence-corrected chi connectivity index (χ4v) is 3.42. The Morgan fingerprint density at radius 2 is 2.00 bits per heavy atom. The minimum absolute atomic E-state index is 0.00737. The van der Waals surface area contributed by atoms with Crippen molar-refractivity contribution in [3.63, 3.8) is 0 Å². The number of hydrogen-bond donors (Lipinski definition) is 1. The molecule has 2 heterocycles. The number of nitrogens with one attached hydrogen (secondary N) is 1. The van der Waals surface area contributed by atoms with E-state index < -0.39 is 17.6 Å². The van der Waals surface area contributed by atoms with Crippen LogP contribution in [0.1, 0.15) is 5.56 Å². The molecular weight excluding hydrogens is 415 g/mol. The first-order chi connectivity index (χ1) is 13.3. The highest BCUT2D eigenvalue weighted by atomic mass is 35.5. The highest BCUT2D eigenvalue weighted by Crippen LogP contribution is 2.36. The average molecular weight is 432 g/mol. The van der Waals surface area contributed by atoms with Crippen LogP contribution in [-0.2, 0) is 15.7 Å². The molecule has 1 aliphatic rings. The topological polar surface area (TPSA) is 54.5 Å². The Balaban J connectivity index is 1.75. The first kappa shape index (κ1) is 20.8. The van der Waals surface area contributed by atoms with E-state index in [-0.39, 0.29) is 11.4 Å². The molecule has 5 nitrogen and oxygen atoms in total. The maximum atomic E-state index is 13.1. The van der Waals surface area contributed by atoms with Gasteiger partial charge in [0.25, 0.3) is 0 Å². The maximum Gasteiger partial charge on any atom is 0.416 e. The Kier molecular flexibility index (Phi) is 6.69. The highest BCUT2D eigenvalue weighted by Gasteiger charge is 2.32. The third-order valence-electron chi connectivity index (χ3n) is 4.00. The summed E-state index contributed by atoms with van der Waals surface area (Å²) in [6, 6.07) is 6.69. The fourth-order valence-electron chi connectivity index (χ4n) is 2.67. The Labute approximate surface area is 169 Å². The van der Waals surface area contributed by atoms with Gasteiger partial charge >= 0.3 is 6.18 Å². The van der Waals surface area contributed by atoms with E-state index in [2.05, 4.69) is 10.3 Å². The van der Waals surface area contributed by atoms with Gasteiger partial charge in [-0.15, -0.1) is 0 Å². The van der Waals surface area contributed by atoms with Gasteiger partial charge in [-0.2, -0.15) is 13.2 Å². The normalized spacial score (nSPS) is 14.8. The van der Waals surface area contributed by atoms with Crippen LogP contribution in [0, 0.1) is 0 Å². The summed E-state index contributed by atoms with van der Waals surface area (Å²) in [4.78, 5) is 18.3. The molecule has 0 radical (unpaired) electrons. The van der Waals surface area contributed by atoms with Gasteiger partial charge in [-0.3, -0.25) is 4.79 Å². The summed E-state index contributed by atoms with van der Waals surface area (Å²) in [6.07, 6.45) is -3.03. The second-order valence-electron chi connectivity index (χ2n) is 5.98. The number of carbonyl (C=O) groups is 1. The molecule has 0 saturated carbocycles. The lowest BCUT2D eigenvalue weighted by molar-refractivity contribution is -0.137. The minimum atomic E-state index is -4.50. The number of hydrogen-bond acceptors (Lipinski definition) is 5. The molecule has 1 aliphatic heterocycles. The van der Waals surface area contributed by atoms with Crippen molar-refractivity contribution in [3.8, 4) is 0 Å². The second kappa shape index (κ2) is 9.02. The number of halogens is 4. The zero-order valence-electron chi connectivity index (χ0n) is 14.6. The predicted molar refractivity (Wildman–Crippen MR) is 103 cm³/mol. The first-order valence-corrected chi connectivity index (χ1v) is 9.77. The van der Waals surface area contributed by atoms with Crippen LogP contribution in [0.5, 0.6) is 0 Å². The molecule has 1 amide bonds. The lowest BCUT2D eigenvalue weighted by Crippen LogP contribution is -2.37. The van der Waals surface area contributed by atoms with Crippen molar-refractivity contribution < 1.29 is 22.7 Å². The molecule has 0 bridgehead atoms. The van der Waals surface area contributed by atoms with E-state index in [0.717, 1.165) is 12.1 Å². The highest BCUT2D eigenvalue weighted by molar-refractivity contribution is 7.99.